The van der Waals surface area contributed by atoms with Gasteiger partial charge in [-0.25, -0.2) is 4.98 Å². The molecule has 1 saturated heterocycles. The van der Waals surface area contributed by atoms with Crippen LogP contribution in [0.3, 0.4) is 0 Å². The Bertz CT molecular complexity index is 638. The standard InChI is InChI=1S/C16H22N4S2/c1-12-19-14(11-21-12)15-6-5-13(22-15)7-8-18-16(17-2)20-9-3-4-10-20/h5-6,11H,3-4,7-10H2,1-2H3,(H,17,18). The van der Waals surface area contributed by atoms with Crippen molar-refractivity contribution in [3.05, 3.63) is 27.4 Å². The maximum atomic E-state index is 4.56. The van der Waals surface area contributed by atoms with Crippen LogP contribution in [0.25, 0.3) is 10.6 Å². The summed E-state index contributed by atoms with van der Waals surface area (Å²) in [5, 5.41) is 6.75. The summed E-state index contributed by atoms with van der Waals surface area (Å²) in [5.74, 6) is 1.05. The molecule has 0 amide bonds. The van der Waals surface area contributed by atoms with Crippen LogP contribution in [0.4, 0.5) is 0 Å². The van der Waals surface area contributed by atoms with Crippen molar-refractivity contribution < 1.29 is 0 Å². The first-order valence-corrected chi connectivity index (χ1v) is 9.42. The van der Waals surface area contributed by atoms with E-state index in [4.69, 9.17) is 0 Å². The molecule has 0 atom stereocenters. The normalized spacial score (nSPS) is 15.5. The Morgan fingerprint density at radius 2 is 2.18 bits per heavy atom. The maximum Gasteiger partial charge on any atom is 0.193 e. The molecule has 118 valence electrons. The van der Waals surface area contributed by atoms with Gasteiger partial charge in [-0.05, 0) is 38.3 Å². The molecule has 3 rings (SSSR count). The summed E-state index contributed by atoms with van der Waals surface area (Å²) in [5.41, 5.74) is 1.11. The minimum absolute atomic E-state index is 0.930. The van der Waals surface area contributed by atoms with E-state index in [1.165, 1.54) is 22.6 Å². The minimum atomic E-state index is 0.930. The maximum absolute atomic E-state index is 4.56. The molecule has 4 nitrogen and oxygen atoms in total. The zero-order valence-corrected chi connectivity index (χ0v) is 14.8. The summed E-state index contributed by atoms with van der Waals surface area (Å²) in [6, 6.07) is 4.40. The van der Waals surface area contributed by atoms with Crippen LogP contribution in [0.15, 0.2) is 22.5 Å². The number of hydrogen-bond donors (Lipinski definition) is 1. The molecule has 0 saturated carbocycles. The average Bonchev–Trinajstić information content (AvgIpc) is 3.24. The summed E-state index contributed by atoms with van der Waals surface area (Å²) >= 11 is 3.55. The van der Waals surface area contributed by atoms with Gasteiger partial charge in [0.05, 0.1) is 15.6 Å². The van der Waals surface area contributed by atoms with Crippen LogP contribution < -0.4 is 5.32 Å². The molecule has 0 aliphatic carbocycles. The van der Waals surface area contributed by atoms with Crippen LogP contribution in [0.2, 0.25) is 0 Å². The van der Waals surface area contributed by atoms with Gasteiger partial charge in [0.15, 0.2) is 5.96 Å². The molecule has 2 aromatic heterocycles. The predicted molar refractivity (Wildman–Crippen MR) is 96.0 cm³/mol. The van der Waals surface area contributed by atoms with E-state index >= 15 is 0 Å². The van der Waals surface area contributed by atoms with E-state index in [-0.39, 0.29) is 0 Å². The molecule has 2 aromatic rings. The van der Waals surface area contributed by atoms with E-state index in [9.17, 15) is 0 Å². The second kappa shape index (κ2) is 7.24. The number of guanidine groups is 1. The molecule has 0 spiro atoms. The third kappa shape index (κ3) is 3.67. The number of aliphatic imine (C=N–C) groups is 1. The number of thiophene rings is 1. The number of rotatable bonds is 4. The fraction of sp³-hybridized carbons (Fsp3) is 0.500. The van der Waals surface area contributed by atoms with Crippen molar-refractivity contribution >= 4 is 28.6 Å². The van der Waals surface area contributed by atoms with Crippen LogP contribution in [0.1, 0.15) is 22.7 Å². The quantitative estimate of drug-likeness (QED) is 0.688. The van der Waals surface area contributed by atoms with Crippen molar-refractivity contribution in [1.29, 1.82) is 0 Å². The van der Waals surface area contributed by atoms with Gasteiger partial charge in [-0.3, -0.25) is 4.99 Å². The number of aryl methyl sites for hydroxylation is 1. The van der Waals surface area contributed by atoms with Crippen molar-refractivity contribution in [1.82, 2.24) is 15.2 Å². The highest BCUT2D eigenvalue weighted by Gasteiger charge is 2.15. The molecule has 1 aliphatic heterocycles. The molecule has 6 heteroatoms. The van der Waals surface area contributed by atoms with Crippen molar-refractivity contribution in [3.63, 3.8) is 0 Å². The summed E-state index contributed by atoms with van der Waals surface area (Å²) < 4.78 is 0. The highest BCUT2D eigenvalue weighted by Crippen LogP contribution is 2.29. The largest absolute Gasteiger partial charge is 0.356 e. The fourth-order valence-corrected chi connectivity index (χ4v) is 4.34. The van der Waals surface area contributed by atoms with E-state index in [1.807, 2.05) is 18.4 Å². The smallest absolute Gasteiger partial charge is 0.193 e. The lowest BCUT2D eigenvalue weighted by molar-refractivity contribution is 0.494. The van der Waals surface area contributed by atoms with Gasteiger partial charge in [0.1, 0.15) is 0 Å². The first kappa shape index (κ1) is 15.5. The van der Waals surface area contributed by atoms with Crippen LogP contribution in [0, 0.1) is 6.92 Å². The molecule has 0 bridgehead atoms. The molecule has 22 heavy (non-hydrogen) atoms. The van der Waals surface area contributed by atoms with E-state index in [2.05, 4.69) is 44.6 Å². The lowest BCUT2D eigenvalue weighted by atomic mass is 10.3. The number of nitrogens with zero attached hydrogens (tertiary/aromatic N) is 3. The van der Waals surface area contributed by atoms with Crippen LogP contribution in [-0.4, -0.2) is 42.5 Å². The number of thiazole rings is 1. The molecule has 0 radical (unpaired) electrons. The molecule has 1 aliphatic rings. The Morgan fingerprint density at radius 3 is 2.86 bits per heavy atom. The van der Waals surface area contributed by atoms with Crippen molar-refractivity contribution in [2.24, 2.45) is 4.99 Å². The molecule has 3 heterocycles. The summed E-state index contributed by atoms with van der Waals surface area (Å²) in [7, 11) is 1.87. The number of hydrogen-bond acceptors (Lipinski definition) is 4. The van der Waals surface area contributed by atoms with Crippen LogP contribution in [0.5, 0.6) is 0 Å². The third-order valence-corrected chi connectivity index (χ3v) is 5.75. The second-order valence-corrected chi connectivity index (χ2v) is 7.67. The van der Waals surface area contributed by atoms with Gasteiger partial charge in [0, 0.05) is 36.9 Å². The Morgan fingerprint density at radius 1 is 1.36 bits per heavy atom. The molecular weight excluding hydrogens is 312 g/mol. The van der Waals surface area contributed by atoms with Gasteiger partial charge in [0.2, 0.25) is 0 Å². The average molecular weight is 335 g/mol. The third-order valence-electron chi connectivity index (χ3n) is 3.81. The van der Waals surface area contributed by atoms with Gasteiger partial charge < -0.3 is 10.2 Å². The van der Waals surface area contributed by atoms with E-state index in [0.29, 0.717) is 0 Å². The summed E-state index contributed by atoms with van der Waals surface area (Å²) in [6.07, 6.45) is 3.59. The van der Waals surface area contributed by atoms with Gasteiger partial charge >= 0.3 is 0 Å². The molecule has 0 unspecified atom stereocenters. The van der Waals surface area contributed by atoms with Gasteiger partial charge in [0.25, 0.3) is 0 Å². The van der Waals surface area contributed by atoms with E-state index in [0.717, 1.165) is 42.7 Å². The first-order chi connectivity index (χ1) is 10.8. The van der Waals surface area contributed by atoms with Crippen molar-refractivity contribution in [3.8, 4) is 10.6 Å². The highest BCUT2D eigenvalue weighted by atomic mass is 32.1. The number of likely N-dealkylation sites (tertiary alicyclic amines) is 1. The number of aromatic nitrogens is 1. The Labute approximate surface area is 139 Å². The Kier molecular flexibility index (Phi) is 5.10. The Balaban J connectivity index is 1.52. The SMILES string of the molecule is CN=C(NCCc1ccc(-c2csc(C)n2)s1)N1CCCC1. The van der Waals surface area contributed by atoms with E-state index < -0.39 is 0 Å². The highest BCUT2D eigenvalue weighted by molar-refractivity contribution is 7.16. The first-order valence-electron chi connectivity index (χ1n) is 7.73. The van der Waals surface area contributed by atoms with Crippen LogP contribution in [-0.2, 0) is 6.42 Å². The van der Waals surface area contributed by atoms with Gasteiger partial charge in [-0.15, -0.1) is 22.7 Å². The minimum Gasteiger partial charge on any atom is -0.356 e. The lowest BCUT2D eigenvalue weighted by Crippen LogP contribution is -2.40. The van der Waals surface area contributed by atoms with Crippen LogP contribution >= 0.6 is 22.7 Å². The Hall–Kier alpha value is -1.40. The zero-order chi connectivity index (χ0) is 15.4. The predicted octanol–water partition coefficient (Wildman–Crippen LogP) is 3.39. The molecule has 1 N–H and O–H groups in total. The fourth-order valence-electron chi connectivity index (χ4n) is 2.69. The van der Waals surface area contributed by atoms with E-state index in [1.54, 1.807) is 11.3 Å². The second-order valence-electron chi connectivity index (χ2n) is 5.44. The molecule has 0 aromatic carbocycles. The number of nitrogens with one attached hydrogen (secondary N) is 1. The summed E-state index contributed by atoms with van der Waals surface area (Å²) in [6.45, 7) is 5.24. The van der Waals surface area contributed by atoms with Gasteiger partial charge in [-0.1, -0.05) is 0 Å². The lowest BCUT2D eigenvalue weighted by Gasteiger charge is -2.20. The van der Waals surface area contributed by atoms with Crippen molar-refractivity contribution in [2.45, 2.75) is 26.2 Å². The topological polar surface area (TPSA) is 40.5 Å². The molecule has 1 fully saturated rings. The van der Waals surface area contributed by atoms with Crippen molar-refractivity contribution in [2.75, 3.05) is 26.7 Å². The zero-order valence-electron chi connectivity index (χ0n) is 13.1. The van der Waals surface area contributed by atoms with Gasteiger partial charge in [-0.2, -0.15) is 0 Å². The summed E-state index contributed by atoms with van der Waals surface area (Å²) in [4.78, 5) is 13.9. The monoisotopic (exact) mass is 334 g/mol. The molecular formula is C16H22N4S2.